The molecule has 0 amide bonds. The van der Waals surface area contributed by atoms with Gasteiger partial charge in [-0.05, 0) is 88.0 Å². The van der Waals surface area contributed by atoms with Crippen molar-refractivity contribution < 1.29 is 4.42 Å². The number of furan rings is 1. The summed E-state index contributed by atoms with van der Waals surface area (Å²) in [4.78, 5) is 14.9. The summed E-state index contributed by atoms with van der Waals surface area (Å²) < 4.78 is 9.23. The number of rotatable bonds is 5. The molecule has 1 aliphatic carbocycles. The minimum Gasteiger partial charge on any atom is -0.455 e. The number of para-hydroxylation sites is 1. The summed E-state index contributed by atoms with van der Waals surface area (Å²) in [5, 5.41) is 4.30. The highest BCUT2D eigenvalue weighted by atomic mass is 16.3. The number of fused-ring (bicyclic) bond motifs is 10. The number of nitrogens with zero attached hydrogens (tertiary/aromatic N) is 4. The highest BCUT2D eigenvalue weighted by Gasteiger charge is 2.35. The molecule has 0 atom stereocenters. The van der Waals surface area contributed by atoms with Crippen LogP contribution in [0.3, 0.4) is 0 Å². The van der Waals surface area contributed by atoms with E-state index in [2.05, 4.69) is 134 Å². The van der Waals surface area contributed by atoms with E-state index >= 15 is 0 Å². The Kier molecular flexibility index (Phi) is 7.20. The zero-order valence-corrected chi connectivity index (χ0v) is 32.5. The van der Waals surface area contributed by atoms with Crippen LogP contribution in [-0.4, -0.2) is 19.5 Å². The van der Waals surface area contributed by atoms with Gasteiger partial charge in [0.05, 0.1) is 16.4 Å². The molecule has 12 rings (SSSR count). The van der Waals surface area contributed by atoms with Gasteiger partial charge in [0.25, 0.3) is 0 Å². The summed E-state index contributed by atoms with van der Waals surface area (Å²) in [5.41, 5.74) is 15.5. The van der Waals surface area contributed by atoms with E-state index in [1.807, 2.05) is 66.7 Å². The zero-order chi connectivity index (χ0) is 39.2. The molecule has 59 heavy (non-hydrogen) atoms. The predicted octanol–water partition coefficient (Wildman–Crippen LogP) is 13.8. The second-order valence-electron chi connectivity index (χ2n) is 16.0. The minimum atomic E-state index is -0.0738. The minimum absolute atomic E-state index is 0.0738. The van der Waals surface area contributed by atoms with Crippen LogP contribution < -0.4 is 0 Å². The Bertz CT molecular complexity index is 3400. The van der Waals surface area contributed by atoms with Gasteiger partial charge in [-0.15, -0.1) is 0 Å². The lowest BCUT2D eigenvalue weighted by atomic mass is 9.81. The molecular weight excluding hydrogens is 721 g/mol. The van der Waals surface area contributed by atoms with Gasteiger partial charge in [-0.2, -0.15) is 0 Å². The maximum absolute atomic E-state index is 6.85. The molecule has 0 spiro atoms. The Hall–Kier alpha value is -7.63. The molecule has 0 fully saturated rings. The lowest BCUT2D eigenvalue weighted by molar-refractivity contribution is 0.660. The molecule has 5 nitrogen and oxygen atoms in total. The first-order valence-electron chi connectivity index (χ1n) is 20.1. The maximum Gasteiger partial charge on any atom is 0.164 e. The molecule has 8 aromatic carbocycles. The Morgan fingerprint density at radius 2 is 1.00 bits per heavy atom. The van der Waals surface area contributed by atoms with Crippen molar-refractivity contribution in [3.63, 3.8) is 0 Å². The van der Waals surface area contributed by atoms with E-state index in [-0.39, 0.29) is 5.41 Å². The van der Waals surface area contributed by atoms with Crippen LogP contribution in [-0.2, 0) is 5.41 Å². The molecule has 5 heteroatoms. The highest BCUT2D eigenvalue weighted by molar-refractivity contribution is 6.24. The monoisotopic (exact) mass is 756 g/mol. The molecular formula is C54H36N4O. The standard InChI is InChI=1S/C54H36N4O/c1-54(2)44-21-13-12-20-39(44)40-25-22-35(31-45(40)54)36-23-26-42-47(32-36)58(38-18-10-5-11-19-38)46-28-27-41-43-30-37(24-29-48(43)59-50(41)49(42)46)53-56-51(33-14-6-3-7-15-33)55-52(57-53)34-16-8-4-9-17-34/h3-32H,1-2H3. The molecule has 0 saturated heterocycles. The maximum atomic E-state index is 6.85. The van der Waals surface area contributed by atoms with Crippen LogP contribution in [0.25, 0.3) is 106 Å². The smallest absolute Gasteiger partial charge is 0.164 e. The first kappa shape index (κ1) is 33.5. The molecule has 0 saturated carbocycles. The van der Waals surface area contributed by atoms with E-state index < -0.39 is 0 Å². The summed E-state index contributed by atoms with van der Waals surface area (Å²) in [6, 6.07) is 64.2. The Morgan fingerprint density at radius 1 is 0.424 bits per heavy atom. The van der Waals surface area contributed by atoms with Crippen molar-refractivity contribution in [2.45, 2.75) is 19.3 Å². The molecule has 0 bridgehead atoms. The van der Waals surface area contributed by atoms with Crippen LogP contribution in [0.2, 0.25) is 0 Å². The Labute approximate surface area is 340 Å². The van der Waals surface area contributed by atoms with Gasteiger partial charge >= 0.3 is 0 Å². The van der Waals surface area contributed by atoms with E-state index in [1.165, 1.54) is 33.4 Å². The molecule has 0 N–H and O–H groups in total. The van der Waals surface area contributed by atoms with E-state index in [1.54, 1.807) is 0 Å². The van der Waals surface area contributed by atoms with Gasteiger partial charge in [-0.25, -0.2) is 15.0 Å². The Morgan fingerprint density at radius 3 is 1.73 bits per heavy atom. The van der Waals surface area contributed by atoms with Crippen LogP contribution in [0.1, 0.15) is 25.0 Å². The first-order valence-corrected chi connectivity index (χ1v) is 20.1. The fraction of sp³-hybridized carbons (Fsp3) is 0.0556. The lowest BCUT2D eigenvalue weighted by Gasteiger charge is -2.22. The van der Waals surface area contributed by atoms with Crippen molar-refractivity contribution in [1.82, 2.24) is 19.5 Å². The zero-order valence-electron chi connectivity index (χ0n) is 32.5. The predicted molar refractivity (Wildman–Crippen MR) is 241 cm³/mol. The second-order valence-corrected chi connectivity index (χ2v) is 16.0. The van der Waals surface area contributed by atoms with E-state index in [9.17, 15) is 0 Å². The third kappa shape index (κ3) is 5.14. The first-order chi connectivity index (χ1) is 29.0. The van der Waals surface area contributed by atoms with Gasteiger partial charge in [-0.3, -0.25) is 0 Å². The number of aromatic nitrogens is 4. The van der Waals surface area contributed by atoms with Crippen molar-refractivity contribution >= 4 is 43.7 Å². The SMILES string of the molecule is CC1(C)c2ccccc2-c2ccc(-c3ccc4c5c6oc7ccc(-c8nc(-c9ccccc9)nc(-c9ccccc9)n8)cc7c6ccc5n(-c5ccccc5)c4c3)cc21. The van der Waals surface area contributed by atoms with Crippen molar-refractivity contribution in [2.75, 3.05) is 0 Å². The average molecular weight is 757 g/mol. The summed E-state index contributed by atoms with van der Waals surface area (Å²) in [6.07, 6.45) is 0. The van der Waals surface area contributed by atoms with Crippen molar-refractivity contribution in [2.24, 2.45) is 0 Å². The number of benzene rings is 8. The van der Waals surface area contributed by atoms with E-state index in [0.717, 1.165) is 66.1 Å². The molecule has 0 aliphatic heterocycles. The Balaban J connectivity index is 1.04. The van der Waals surface area contributed by atoms with Crippen molar-refractivity contribution in [3.8, 4) is 62.1 Å². The van der Waals surface area contributed by atoms with E-state index in [0.29, 0.717) is 17.5 Å². The summed E-state index contributed by atoms with van der Waals surface area (Å²) in [6.45, 7) is 4.68. The summed E-state index contributed by atoms with van der Waals surface area (Å²) in [5.74, 6) is 1.88. The molecule has 0 radical (unpaired) electrons. The molecule has 278 valence electrons. The summed E-state index contributed by atoms with van der Waals surface area (Å²) in [7, 11) is 0. The van der Waals surface area contributed by atoms with Crippen LogP contribution in [0.15, 0.2) is 186 Å². The molecule has 0 unspecified atom stereocenters. The van der Waals surface area contributed by atoms with Crippen LogP contribution in [0, 0.1) is 0 Å². The van der Waals surface area contributed by atoms with Gasteiger partial charge < -0.3 is 8.98 Å². The van der Waals surface area contributed by atoms with Crippen LogP contribution in [0.4, 0.5) is 0 Å². The molecule has 3 aromatic heterocycles. The highest BCUT2D eigenvalue weighted by Crippen LogP contribution is 2.50. The van der Waals surface area contributed by atoms with Crippen molar-refractivity contribution in [1.29, 1.82) is 0 Å². The van der Waals surface area contributed by atoms with E-state index in [4.69, 9.17) is 19.4 Å². The number of hydrogen-bond acceptors (Lipinski definition) is 4. The number of hydrogen-bond donors (Lipinski definition) is 0. The molecule has 1 aliphatic rings. The fourth-order valence-electron chi connectivity index (χ4n) is 9.33. The van der Waals surface area contributed by atoms with Crippen LogP contribution in [0.5, 0.6) is 0 Å². The van der Waals surface area contributed by atoms with Crippen LogP contribution >= 0.6 is 0 Å². The van der Waals surface area contributed by atoms with Gasteiger partial charge in [0, 0.05) is 44.0 Å². The quantitative estimate of drug-likeness (QED) is 0.175. The largest absolute Gasteiger partial charge is 0.455 e. The van der Waals surface area contributed by atoms with Gasteiger partial charge in [-0.1, -0.05) is 141 Å². The fourth-order valence-corrected chi connectivity index (χ4v) is 9.33. The van der Waals surface area contributed by atoms with Crippen molar-refractivity contribution in [3.05, 3.63) is 193 Å². The average Bonchev–Trinajstić information content (AvgIpc) is 3.91. The third-order valence-electron chi connectivity index (χ3n) is 12.3. The molecule has 11 aromatic rings. The lowest BCUT2D eigenvalue weighted by Crippen LogP contribution is -2.14. The second kappa shape index (κ2) is 12.7. The third-order valence-corrected chi connectivity index (χ3v) is 12.3. The van der Waals surface area contributed by atoms with Gasteiger partial charge in [0.2, 0.25) is 0 Å². The summed E-state index contributed by atoms with van der Waals surface area (Å²) >= 11 is 0. The normalized spacial score (nSPS) is 13.1. The van der Waals surface area contributed by atoms with Gasteiger partial charge in [0.15, 0.2) is 17.5 Å². The molecule has 3 heterocycles. The van der Waals surface area contributed by atoms with Gasteiger partial charge in [0.1, 0.15) is 11.2 Å². The topological polar surface area (TPSA) is 56.7 Å².